The molecule has 0 aliphatic rings. The molecule has 0 unspecified atom stereocenters. The molecule has 1 atom stereocenters. The molecule has 2 aromatic rings. The lowest BCUT2D eigenvalue weighted by Crippen LogP contribution is -1.97. The fourth-order valence-corrected chi connectivity index (χ4v) is 1.38. The van der Waals surface area contributed by atoms with Gasteiger partial charge in [0.2, 0.25) is 5.89 Å². The van der Waals surface area contributed by atoms with Crippen LogP contribution in [-0.2, 0) is 0 Å². The van der Waals surface area contributed by atoms with Crippen molar-refractivity contribution >= 4 is 0 Å². The van der Waals surface area contributed by atoms with Crippen molar-refractivity contribution in [2.45, 2.75) is 19.8 Å². The van der Waals surface area contributed by atoms with Gasteiger partial charge in [-0.05, 0) is 5.56 Å². The maximum atomic E-state index is 4.95. The summed E-state index contributed by atoms with van der Waals surface area (Å²) in [4.78, 5) is 4.21. The van der Waals surface area contributed by atoms with E-state index in [0.717, 1.165) is 5.82 Å². The van der Waals surface area contributed by atoms with E-state index in [1.807, 2.05) is 18.2 Å². The van der Waals surface area contributed by atoms with Gasteiger partial charge in [-0.1, -0.05) is 42.4 Å². The summed E-state index contributed by atoms with van der Waals surface area (Å²) in [7, 11) is 0. The SMILES string of the molecule is Cc1nc([C@H](C)c2ccccc2)no1. The zero-order valence-electron chi connectivity index (χ0n) is 8.27. The molecule has 0 spiro atoms. The first-order valence-electron chi connectivity index (χ1n) is 4.62. The van der Waals surface area contributed by atoms with Crippen molar-refractivity contribution in [1.82, 2.24) is 10.1 Å². The van der Waals surface area contributed by atoms with E-state index < -0.39 is 0 Å². The lowest BCUT2D eigenvalue weighted by molar-refractivity contribution is 0.386. The molecule has 1 aromatic heterocycles. The third-order valence-electron chi connectivity index (χ3n) is 2.23. The molecule has 3 heteroatoms. The molecule has 1 aromatic carbocycles. The maximum absolute atomic E-state index is 4.95. The summed E-state index contributed by atoms with van der Waals surface area (Å²) in [6.45, 7) is 3.87. The van der Waals surface area contributed by atoms with Gasteiger partial charge in [-0.25, -0.2) is 0 Å². The second-order valence-corrected chi connectivity index (χ2v) is 3.30. The number of hydrogen-bond donors (Lipinski definition) is 0. The van der Waals surface area contributed by atoms with Crippen LogP contribution < -0.4 is 0 Å². The molecule has 0 saturated heterocycles. The minimum Gasteiger partial charge on any atom is -0.340 e. The Morgan fingerprint density at radius 3 is 2.50 bits per heavy atom. The highest BCUT2D eigenvalue weighted by Crippen LogP contribution is 2.20. The zero-order valence-corrected chi connectivity index (χ0v) is 8.27. The molecule has 1 heterocycles. The number of aromatic nitrogens is 2. The molecule has 3 nitrogen and oxygen atoms in total. The van der Waals surface area contributed by atoms with Crippen molar-refractivity contribution in [3.63, 3.8) is 0 Å². The molecule has 0 aliphatic carbocycles. The Morgan fingerprint density at radius 2 is 1.93 bits per heavy atom. The van der Waals surface area contributed by atoms with Crippen molar-refractivity contribution in [3.05, 3.63) is 47.6 Å². The Bertz CT molecular complexity index is 408. The summed E-state index contributed by atoms with van der Waals surface area (Å²) in [6, 6.07) is 10.2. The van der Waals surface area contributed by atoms with Crippen LogP contribution in [0.1, 0.15) is 30.1 Å². The van der Waals surface area contributed by atoms with Gasteiger partial charge in [0.15, 0.2) is 5.82 Å². The second kappa shape index (κ2) is 3.62. The highest BCUT2D eigenvalue weighted by Gasteiger charge is 2.13. The standard InChI is InChI=1S/C11H12N2O/c1-8(10-6-4-3-5-7-10)11-12-9(2)14-13-11/h3-8H,1-2H3/t8-/m1/s1. The van der Waals surface area contributed by atoms with Crippen LogP contribution >= 0.6 is 0 Å². The summed E-state index contributed by atoms with van der Waals surface area (Å²) in [6.07, 6.45) is 0. The van der Waals surface area contributed by atoms with Gasteiger partial charge in [0.05, 0.1) is 0 Å². The van der Waals surface area contributed by atoms with Gasteiger partial charge < -0.3 is 4.52 Å². The highest BCUT2D eigenvalue weighted by molar-refractivity contribution is 5.23. The summed E-state index contributed by atoms with van der Waals surface area (Å²) in [5.41, 5.74) is 1.20. The van der Waals surface area contributed by atoms with Gasteiger partial charge in [-0.2, -0.15) is 4.98 Å². The third-order valence-corrected chi connectivity index (χ3v) is 2.23. The molecule has 0 radical (unpaired) electrons. The molecular formula is C11H12N2O. The monoisotopic (exact) mass is 188 g/mol. The molecular weight excluding hydrogens is 176 g/mol. The van der Waals surface area contributed by atoms with Gasteiger partial charge in [-0.3, -0.25) is 0 Å². The highest BCUT2D eigenvalue weighted by atomic mass is 16.5. The topological polar surface area (TPSA) is 38.9 Å². The molecule has 0 aliphatic heterocycles. The van der Waals surface area contributed by atoms with Crippen LogP contribution in [0.15, 0.2) is 34.9 Å². The predicted octanol–water partition coefficient (Wildman–Crippen LogP) is 2.53. The number of benzene rings is 1. The van der Waals surface area contributed by atoms with E-state index in [2.05, 4.69) is 29.2 Å². The summed E-state index contributed by atoms with van der Waals surface area (Å²) in [5, 5.41) is 3.91. The van der Waals surface area contributed by atoms with E-state index in [-0.39, 0.29) is 5.92 Å². The van der Waals surface area contributed by atoms with E-state index in [4.69, 9.17) is 4.52 Å². The fourth-order valence-electron chi connectivity index (χ4n) is 1.38. The average Bonchev–Trinajstić information content (AvgIpc) is 2.65. The maximum Gasteiger partial charge on any atom is 0.223 e. The second-order valence-electron chi connectivity index (χ2n) is 3.30. The number of nitrogens with zero attached hydrogens (tertiary/aromatic N) is 2. The first-order valence-corrected chi connectivity index (χ1v) is 4.62. The quantitative estimate of drug-likeness (QED) is 0.726. The Balaban J connectivity index is 2.29. The smallest absolute Gasteiger partial charge is 0.223 e. The molecule has 2 rings (SSSR count). The molecule has 0 bridgehead atoms. The summed E-state index contributed by atoms with van der Waals surface area (Å²) in [5.74, 6) is 1.55. The molecule has 14 heavy (non-hydrogen) atoms. The minimum absolute atomic E-state index is 0.189. The molecule has 0 amide bonds. The van der Waals surface area contributed by atoms with Crippen molar-refractivity contribution in [2.24, 2.45) is 0 Å². The van der Waals surface area contributed by atoms with Crippen LogP contribution in [0.5, 0.6) is 0 Å². The summed E-state index contributed by atoms with van der Waals surface area (Å²) < 4.78 is 4.95. The van der Waals surface area contributed by atoms with Crippen molar-refractivity contribution < 1.29 is 4.52 Å². The lowest BCUT2D eigenvalue weighted by Gasteiger charge is -2.05. The first-order chi connectivity index (χ1) is 6.77. The van der Waals surface area contributed by atoms with E-state index in [0.29, 0.717) is 5.89 Å². The van der Waals surface area contributed by atoms with E-state index in [9.17, 15) is 0 Å². The van der Waals surface area contributed by atoms with Crippen LogP contribution in [0.25, 0.3) is 0 Å². The summed E-state index contributed by atoms with van der Waals surface area (Å²) >= 11 is 0. The van der Waals surface area contributed by atoms with E-state index in [1.165, 1.54) is 5.56 Å². The Labute approximate surface area is 82.8 Å². The Kier molecular flexibility index (Phi) is 2.31. The number of aryl methyl sites for hydroxylation is 1. The predicted molar refractivity (Wildman–Crippen MR) is 53.0 cm³/mol. The third kappa shape index (κ3) is 1.66. The molecule has 72 valence electrons. The van der Waals surface area contributed by atoms with Crippen LogP contribution in [0.4, 0.5) is 0 Å². The largest absolute Gasteiger partial charge is 0.340 e. The van der Waals surface area contributed by atoms with Gasteiger partial charge in [0.25, 0.3) is 0 Å². The van der Waals surface area contributed by atoms with Crippen molar-refractivity contribution in [1.29, 1.82) is 0 Å². The zero-order chi connectivity index (χ0) is 9.97. The molecule has 0 N–H and O–H groups in total. The first kappa shape index (κ1) is 8.94. The average molecular weight is 188 g/mol. The van der Waals surface area contributed by atoms with E-state index in [1.54, 1.807) is 6.92 Å². The van der Waals surface area contributed by atoms with Gasteiger partial charge >= 0.3 is 0 Å². The minimum atomic E-state index is 0.189. The van der Waals surface area contributed by atoms with Gasteiger partial charge in [-0.15, -0.1) is 0 Å². The fraction of sp³-hybridized carbons (Fsp3) is 0.273. The number of hydrogen-bond acceptors (Lipinski definition) is 3. The van der Waals surface area contributed by atoms with Crippen molar-refractivity contribution in [3.8, 4) is 0 Å². The van der Waals surface area contributed by atoms with Crippen molar-refractivity contribution in [2.75, 3.05) is 0 Å². The van der Waals surface area contributed by atoms with Crippen LogP contribution in [0.2, 0.25) is 0 Å². The normalized spacial score (nSPS) is 12.7. The Hall–Kier alpha value is -1.64. The van der Waals surface area contributed by atoms with Crippen LogP contribution in [-0.4, -0.2) is 10.1 Å². The van der Waals surface area contributed by atoms with Crippen LogP contribution in [0, 0.1) is 6.92 Å². The van der Waals surface area contributed by atoms with Gasteiger partial charge in [0, 0.05) is 12.8 Å². The number of rotatable bonds is 2. The molecule has 0 saturated carbocycles. The van der Waals surface area contributed by atoms with Gasteiger partial charge in [0.1, 0.15) is 0 Å². The van der Waals surface area contributed by atoms with Crippen LogP contribution in [0.3, 0.4) is 0 Å². The lowest BCUT2D eigenvalue weighted by atomic mass is 10.0. The van der Waals surface area contributed by atoms with E-state index >= 15 is 0 Å². The Morgan fingerprint density at radius 1 is 1.21 bits per heavy atom. The molecule has 0 fully saturated rings.